The molecule has 1 heterocycles. The third kappa shape index (κ3) is 3.22. The first kappa shape index (κ1) is 12.5. The summed E-state index contributed by atoms with van der Waals surface area (Å²) < 4.78 is 23.1. The topological polar surface area (TPSA) is 37.4 Å². The van der Waals surface area contributed by atoms with Crippen LogP contribution < -0.4 is 0 Å². The molecule has 0 N–H and O–H groups in total. The van der Waals surface area contributed by atoms with Gasteiger partial charge in [0.25, 0.3) is 0 Å². The van der Waals surface area contributed by atoms with Crippen LogP contribution in [0.15, 0.2) is 0 Å². The van der Waals surface area contributed by atoms with Crippen LogP contribution in [0.4, 0.5) is 0 Å². The van der Waals surface area contributed by atoms with Crippen LogP contribution >= 0.6 is 0 Å². The van der Waals surface area contributed by atoms with E-state index in [1.165, 1.54) is 0 Å². The van der Waals surface area contributed by atoms with E-state index in [1.54, 1.807) is 0 Å². The van der Waals surface area contributed by atoms with Crippen molar-refractivity contribution in [3.63, 3.8) is 0 Å². The maximum absolute atomic E-state index is 11.6. The average Bonchev–Trinajstić information content (AvgIpc) is 2.23. The highest BCUT2D eigenvalue weighted by Gasteiger charge is 2.31. The molecule has 0 amide bonds. The molecule has 1 rings (SSSR count). The minimum absolute atomic E-state index is 0.158. The van der Waals surface area contributed by atoms with Gasteiger partial charge in [-0.1, -0.05) is 12.8 Å². The summed E-state index contributed by atoms with van der Waals surface area (Å²) >= 11 is 0. The molecule has 3 nitrogen and oxygen atoms in total. The zero-order chi connectivity index (χ0) is 11.7. The van der Waals surface area contributed by atoms with Crippen molar-refractivity contribution in [2.75, 3.05) is 24.6 Å². The van der Waals surface area contributed by atoms with Gasteiger partial charge in [-0.05, 0) is 19.8 Å². The fraction of sp³-hybridized carbons (Fsp3) is 0.818. The highest BCUT2D eigenvalue weighted by atomic mass is 32.2. The van der Waals surface area contributed by atoms with E-state index >= 15 is 0 Å². The second-order valence-electron chi connectivity index (χ2n) is 4.87. The summed E-state index contributed by atoms with van der Waals surface area (Å²) in [5.74, 6) is 3.38. The second kappa shape index (κ2) is 4.15. The summed E-state index contributed by atoms with van der Waals surface area (Å²) in [5, 5.41) is 0. The highest BCUT2D eigenvalue weighted by Crippen LogP contribution is 2.19. The number of sulfone groups is 1. The summed E-state index contributed by atoms with van der Waals surface area (Å²) in [7, 11) is -2.88. The monoisotopic (exact) mass is 229 g/mol. The van der Waals surface area contributed by atoms with Gasteiger partial charge in [0.05, 0.1) is 17.0 Å². The molecular formula is C11H19NO2S. The van der Waals surface area contributed by atoms with Crippen molar-refractivity contribution in [3.05, 3.63) is 0 Å². The van der Waals surface area contributed by atoms with E-state index in [0.717, 1.165) is 6.54 Å². The lowest BCUT2D eigenvalue weighted by Gasteiger charge is -2.34. The largest absolute Gasteiger partial charge is 0.286 e. The van der Waals surface area contributed by atoms with Crippen molar-refractivity contribution < 1.29 is 8.42 Å². The highest BCUT2D eigenvalue weighted by molar-refractivity contribution is 7.91. The third-order valence-electron chi connectivity index (χ3n) is 2.89. The first-order valence-corrected chi connectivity index (χ1v) is 7.02. The molecule has 1 fully saturated rings. The van der Waals surface area contributed by atoms with Crippen LogP contribution in [0.25, 0.3) is 0 Å². The number of rotatable bonds is 1. The van der Waals surface area contributed by atoms with Crippen LogP contribution in [0, 0.1) is 18.3 Å². The van der Waals surface area contributed by atoms with Gasteiger partial charge in [0.15, 0.2) is 9.84 Å². The lowest BCUT2D eigenvalue weighted by molar-refractivity contribution is 0.165. The van der Waals surface area contributed by atoms with Crippen LogP contribution in [0.5, 0.6) is 0 Å². The maximum Gasteiger partial charge on any atom is 0.151 e. The summed E-state index contributed by atoms with van der Waals surface area (Å²) in [6, 6.07) is 0. The molecule has 1 saturated heterocycles. The molecule has 15 heavy (non-hydrogen) atoms. The van der Waals surface area contributed by atoms with E-state index in [-0.39, 0.29) is 23.0 Å². The summed E-state index contributed by atoms with van der Waals surface area (Å²) in [6.07, 6.45) is 5.46. The summed E-state index contributed by atoms with van der Waals surface area (Å²) in [4.78, 5) is 2.09. The zero-order valence-electron chi connectivity index (χ0n) is 9.66. The molecule has 0 aromatic carbocycles. The summed E-state index contributed by atoms with van der Waals surface area (Å²) in [6.45, 7) is 7.18. The first-order valence-electron chi connectivity index (χ1n) is 5.20. The van der Waals surface area contributed by atoms with Gasteiger partial charge in [-0.25, -0.2) is 8.42 Å². The molecule has 4 heteroatoms. The molecule has 0 aromatic heterocycles. The van der Waals surface area contributed by atoms with Gasteiger partial charge in [0.2, 0.25) is 0 Å². The molecule has 0 bridgehead atoms. The fourth-order valence-corrected chi connectivity index (χ4v) is 3.52. The molecule has 0 spiro atoms. The van der Waals surface area contributed by atoms with Gasteiger partial charge in [-0.15, -0.1) is 6.42 Å². The fourth-order valence-electron chi connectivity index (χ4n) is 1.89. The molecule has 0 saturated carbocycles. The number of hydrogen-bond donors (Lipinski definition) is 0. The molecule has 1 aliphatic rings. The minimum Gasteiger partial charge on any atom is -0.286 e. The van der Waals surface area contributed by atoms with E-state index in [2.05, 4.69) is 10.8 Å². The molecule has 1 atom stereocenters. The van der Waals surface area contributed by atoms with E-state index in [1.807, 2.05) is 20.8 Å². The van der Waals surface area contributed by atoms with E-state index in [0.29, 0.717) is 6.54 Å². The number of hydrogen-bond acceptors (Lipinski definition) is 3. The summed E-state index contributed by atoms with van der Waals surface area (Å²) in [5.41, 5.74) is -0.353. The molecule has 0 aromatic rings. The Labute approximate surface area is 92.8 Å². The Bertz CT molecular complexity index is 365. The van der Waals surface area contributed by atoms with E-state index < -0.39 is 9.84 Å². The third-order valence-corrected chi connectivity index (χ3v) is 4.77. The van der Waals surface area contributed by atoms with Crippen molar-refractivity contribution in [1.29, 1.82) is 0 Å². The minimum atomic E-state index is -2.88. The van der Waals surface area contributed by atoms with E-state index in [4.69, 9.17) is 6.42 Å². The lowest BCUT2D eigenvalue weighted by Crippen LogP contribution is -2.45. The van der Waals surface area contributed by atoms with Gasteiger partial charge >= 0.3 is 0 Å². The van der Waals surface area contributed by atoms with Crippen molar-refractivity contribution in [3.8, 4) is 12.3 Å². The first-order chi connectivity index (χ1) is 6.77. The molecule has 0 aliphatic carbocycles. The van der Waals surface area contributed by atoms with Crippen LogP contribution in [0.3, 0.4) is 0 Å². The van der Waals surface area contributed by atoms with Gasteiger partial charge < -0.3 is 0 Å². The van der Waals surface area contributed by atoms with E-state index in [9.17, 15) is 8.42 Å². The van der Waals surface area contributed by atoms with Crippen LogP contribution in [-0.2, 0) is 9.84 Å². The standard InChI is InChI=1S/C11H19NO2S/c1-5-11(3,4)12-6-7-15(13,14)9-10(2)8-12/h1,10H,6-9H2,2-4H3. The van der Waals surface area contributed by atoms with Crippen molar-refractivity contribution in [1.82, 2.24) is 4.90 Å². The Morgan fingerprint density at radius 3 is 2.60 bits per heavy atom. The zero-order valence-corrected chi connectivity index (χ0v) is 10.5. The van der Waals surface area contributed by atoms with Gasteiger partial charge in [0.1, 0.15) is 0 Å². The van der Waals surface area contributed by atoms with Gasteiger partial charge in [-0.3, -0.25) is 4.90 Å². The van der Waals surface area contributed by atoms with Gasteiger partial charge in [-0.2, -0.15) is 0 Å². The van der Waals surface area contributed by atoms with Gasteiger partial charge in [0, 0.05) is 13.1 Å². The number of nitrogens with zero attached hydrogens (tertiary/aromatic N) is 1. The molecule has 1 unspecified atom stereocenters. The second-order valence-corrected chi connectivity index (χ2v) is 7.10. The van der Waals surface area contributed by atoms with Crippen molar-refractivity contribution in [2.24, 2.45) is 5.92 Å². The van der Waals surface area contributed by atoms with Crippen LogP contribution in [0.1, 0.15) is 20.8 Å². The lowest BCUT2D eigenvalue weighted by atomic mass is 10.0. The SMILES string of the molecule is C#CC(C)(C)N1CCS(=O)(=O)CC(C)C1. The molecule has 1 aliphatic heterocycles. The molecular weight excluding hydrogens is 210 g/mol. The average molecular weight is 229 g/mol. The van der Waals surface area contributed by atoms with Crippen LogP contribution in [-0.4, -0.2) is 43.5 Å². The van der Waals surface area contributed by atoms with Crippen molar-refractivity contribution in [2.45, 2.75) is 26.3 Å². The normalized spacial score (nSPS) is 28.0. The Morgan fingerprint density at radius 1 is 1.47 bits per heavy atom. The van der Waals surface area contributed by atoms with Crippen molar-refractivity contribution >= 4 is 9.84 Å². The number of terminal acetylenes is 1. The molecule has 86 valence electrons. The van der Waals surface area contributed by atoms with Crippen LogP contribution in [0.2, 0.25) is 0 Å². The predicted molar refractivity (Wildman–Crippen MR) is 62.3 cm³/mol. The Kier molecular flexibility index (Phi) is 3.47. The maximum atomic E-state index is 11.6. The Morgan fingerprint density at radius 2 is 2.07 bits per heavy atom. The molecule has 0 radical (unpaired) electrons. The Balaban J connectivity index is 2.85. The Hall–Kier alpha value is -0.530. The predicted octanol–water partition coefficient (Wildman–Crippen LogP) is 0.765. The quantitative estimate of drug-likeness (QED) is 0.623. The smallest absolute Gasteiger partial charge is 0.151 e.